The standard InChI is InChI=1S/C22H21F3N6O/c23-22(24,25)16-2-1-3-17(8-16)29-18-9-19(26-10-13-4-5-13)31-21(30-18)15(12-28-31)6-14-7-20(32)27-11-14/h1-3,6,8-9,12-13,26H,4-5,7,10-11H2,(H,27,32)(H,29,30)/b14-6+. The molecule has 3 N–H and O–H groups in total. The fourth-order valence-corrected chi connectivity index (χ4v) is 3.63. The summed E-state index contributed by atoms with van der Waals surface area (Å²) in [5.74, 6) is 1.68. The molecule has 2 fully saturated rings. The van der Waals surface area contributed by atoms with Gasteiger partial charge in [0.2, 0.25) is 5.91 Å². The van der Waals surface area contributed by atoms with E-state index in [-0.39, 0.29) is 11.6 Å². The SMILES string of the molecule is O=C1C/C(=C\c2cnn3c(NCC4CC4)cc(Nc4cccc(C(F)(F)F)c4)nc23)CN1. The molecule has 3 heterocycles. The van der Waals surface area contributed by atoms with Gasteiger partial charge >= 0.3 is 6.18 Å². The molecule has 0 spiro atoms. The molecule has 1 saturated heterocycles. The van der Waals surface area contributed by atoms with E-state index < -0.39 is 11.7 Å². The highest BCUT2D eigenvalue weighted by molar-refractivity contribution is 5.85. The van der Waals surface area contributed by atoms with E-state index in [1.165, 1.54) is 18.9 Å². The molecule has 0 unspecified atom stereocenters. The minimum Gasteiger partial charge on any atom is -0.370 e. The molecule has 0 bridgehead atoms. The molecule has 2 aromatic heterocycles. The van der Waals surface area contributed by atoms with Crippen LogP contribution < -0.4 is 16.0 Å². The zero-order valence-corrected chi connectivity index (χ0v) is 17.0. The van der Waals surface area contributed by atoms with Crippen LogP contribution in [0.15, 0.2) is 42.1 Å². The molecule has 32 heavy (non-hydrogen) atoms. The highest BCUT2D eigenvalue weighted by Crippen LogP contribution is 2.32. The predicted octanol–water partition coefficient (Wildman–Crippen LogP) is 4.22. The van der Waals surface area contributed by atoms with Crippen molar-refractivity contribution in [2.24, 2.45) is 5.92 Å². The van der Waals surface area contributed by atoms with Gasteiger partial charge in [-0.05, 0) is 48.6 Å². The van der Waals surface area contributed by atoms with Gasteiger partial charge in [-0.3, -0.25) is 4.79 Å². The Bertz CT molecular complexity index is 1210. The van der Waals surface area contributed by atoms with E-state index in [0.717, 1.165) is 29.8 Å². The molecule has 1 aromatic carbocycles. The number of rotatable bonds is 6. The van der Waals surface area contributed by atoms with Crippen LogP contribution in [0.2, 0.25) is 0 Å². The van der Waals surface area contributed by atoms with Gasteiger partial charge in [0.1, 0.15) is 11.6 Å². The lowest BCUT2D eigenvalue weighted by molar-refractivity contribution is -0.137. The van der Waals surface area contributed by atoms with Crippen LogP contribution in [0.5, 0.6) is 0 Å². The number of fused-ring (bicyclic) bond motifs is 1. The number of hydrogen-bond acceptors (Lipinski definition) is 5. The number of benzene rings is 1. The fourth-order valence-electron chi connectivity index (χ4n) is 3.63. The predicted molar refractivity (Wildman–Crippen MR) is 115 cm³/mol. The Kier molecular flexibility index (Phi) is 4.99. The molecule has 1 aliphatic carbocycles. The van der Waals surface area contributed by atoms with E-state index in [2.05, 4.69) is 26.0 Å². The first kappa shape index (κ1) is 20.3. The van der Waals surface area contributed by atoms with Crippen LogP contribution in [-0.2, 0) is 11.0 Å². The van der Waals surface area contributed by atoms with Gasteiger partial charge in [0.25, 0.3) is 0 Å². The molecule has 5 rings (SSSR count). The van der Waals surface area contributed by atoms with Gasteiger partial charge in [0, 0.05) is 36.8 Å². The second kappa shape index (κ2) is 7.85. The van der Waals surface area contributed by atoms with E-state index in [0.29, 0.717) is 36.2 Å². The van der Waals surface area contributed by atoms with Crippen LogP contribution >= 0.6 is 0 Å². The van der Waals surface area contributed by atoms with Crippen LogP contribution in [0.3, 0.4) is 0 Å². The van der Waals surface area contributed by atoms with Gasteiger partial charge in [-0.2, -0.15) is 22.8 Å². The summed E-state index contributed by atoms with van der Waals surface area (Å²) in [4.78, 5) is 16.1. The molecule has 1 saturated carbocycles. The summed E-state index contributed by atoms with van der Waals surface area (Å²) in [5.41, 5.74) is 1.76. The van der Waals surface area contributed by atoms with Crippen molar-refractivity contribution >= 4 is 35.0 Å². The monoisotopic (exact) mass is 442 g/mol. The Labute approximate surface area is 181 Å². The van der Waals surface area contributed by atoms with Crippen molar-refractivity contribution in [1.82, 2.24) is 19.9 Å². The van der Waals surface area contributed by atoms with Crippen LogP contribution in [0.4, 0.5) is 30.5 Å². The molecule has 1 amide bonds. The number of carbonyl (C=O) groups is 1. The molecule has 166 valence electrons. The van der Waals surface area contributed by atoms with E-state index in [1.54, 1.807) is 22.8 Å². The quantitative estimate of drug-likeness (QED) is 0.533. The Morgan fingerprint density at radius 1 is 1.25 bits per heavy atom. The smallest absolute Gasteiger partial charge is 0.370 e. The minimum atomic E-state index is -4.43. The van der Waals surface area contributed by atoms with Gasteiger partial charge in [-0.15, -0.1) is 0 Å². The summed E-state index contributed by atoms with van der Waals surface area (Å²) >= 11 is 0. The summed E-state index contributed by atoms with van der Waals surface area (Å²) in [6, 6.07) is 6.74. The Morgan fingerprint density at radius 3 is 2.81 bits per heavy atom. The van der Waals surface area contributed by atoms with Crippen molar-refractivity contribution in [2.45, 2.75) is 25.4 Å². The van der Waals surface area contributed by atoms with Crippen LogP contribution in [0.25, 0.3) is 11.7 Å². The number of aromatic nitrogens is 3. The normalized spacial score (nSPS) is 17.7. The van der Waals surface area contributed by atoms with Crippen LogP contribution in [0, 0.1) is 5.92 Å². The van der Waals surface area contributed by atoms with Crippen molar-refractivity contribution in [3.05, 3.63) is 53.2 Å². The third-order valence-electron chi connectivity index (χ3n) is 5.49. The van der Waals surface area contributed by atoms with E-state index in [4.69, 9.17) is 0 Å². The first-order valence-electron chi connectivity index (χ1n) is 10.4. The highest BCUT2D eigenvalue weighted by atomic mass is 19.4. The van der Waals surface area contributed by atoms with Crippen molar-refractivity contribution < 1.29 is 18.0 Å². The minimum absolute atomic E-state index is 0.0284. The maximum atomic E-state index is 13.1. The molecule has 3 aromatic rings. The first-order chi connectivity index (χ1) is 15.3. The molecular formula is C22H21F3N6O. The van der Waals surface area contributed by atoms with Crippen molar-refractivity contribution in [1.29, 1.82) is 0 Å². The lowest BCUT2D eigenvalue weighted by Crippen LogP contribution is -2.12. The average Bonchev–Trinajstić information content (AvgIpc) is 3.37. The van der Waals surface area contributed by atoms with Gasteiger partial charge in [0.15, 0.2) is 5.65 Å². The third kappa shape index (κ3) is 4.39. The molecule has 0 radical (unpaired) electrons. The van der Waals surface area contributed by atoms with Gasteiger partial charge in [-0.1, -0.05) is 6.07 Å². The Balaban J connectivity index is 1.51. The summed E-state index contributed by atoms with van der Waals surface area (Å²) in [6.45, 7) is 1.27. The molecule has 0 atom stereocenters. The largest absolute Gasteiger partial charge is 0.416 e. The summed E-state index contributed by atoms with van der Waals surface area (Å²) in [5, 5.41) is 13.6. The second-order valence-corrected chi connectivity index (χ2v) is 8.15. The van der Waals surface area contributed by atoms with Crippen molar-refractivity contribution in [2.75, 3.05) is 23.7 Å². The molecular weight excluding hydrogens is 421 g/mol. The number of nitrogens with zero attached hydrogens (tertiary/aromatic N) is 3. The lowest BCUT2D eigenvalue weighted by atomic mass is 10.1. The molecule has 2 aliphatic rings. The molecule has 1 aliphatic heterocycles. The van der Waals surface area contributed by atoms with E-state index in [1.807, 2.05) is 6.08 Å². The van der Waals surface area contributed by atoms with Crippen molar-refractivity contribution in [3.8, 4) is 0 Å². The second-order valence-electron chi connectivity index (χ2n) is 8.15. The fraction of sp³-hybridized carbons (Fsp3) is 0.318. The number of nitrogens with one attached hydrogen (secondary N) is 3. The number of halogens is 3. The van der Waals surface area contributed by atoms with Gasteiger partial charge in [0.05, 0.1) is 11.8 Å². The van der Waals surface area contributed by atoms with E-state index >= 15 is 0 Å². The topological polar surface area (TPSA) is 83.4 Å². The van der Waals surface area contributed by atoms with E-state index in [9.17, 15) is 18.0 Å². The maximum Gasteiger partial charge on any atom is 0.416 e. The lowest BCUT2D eigenvalue weighted by Gasteiger charge is -2.13. The molecule has 7 nitrogen and oxygen atoms in total. The zero-order valence-electron chi connectivity index (χ0n) is 17.0. The van der Waals surface area contributed by atoms with Crippen molar-refractivity contribution in [3.63, 3.8) is 0 Å². The van der Waals surface area contributed by atoms with Crippen LogP contribution in [-0.4, -0.2) is 33.6 Å². The molecule has 10 heteroatoms. The average molecular weight is 442 g/mol. The van der Waals surface area contributed by atoms with Crippen LogP contribution in [0.1, 0.15) is 30.4 Å². The highest BCUT2D eigenvalue weighted by Gasteiger charge is 2.30. The summed E-state index contributed by atoms with van der Waals surface area (Å²) < 4.78 is 41.0. The van der Waals surface area contributed by atoms with Gasteiger partial charge < -0.3 is 16.0 Å². The number of alkyl halides is 3. The number of anilines is 3. The summed E-state index contributed by atoms with van der Waals surface area (Å²) in [6.07, 6.45) is 1.80. The summed E-state index contributed by atoms with van der Waals surface area (Å²) in [7, 11) is 0. The zero-order chi connectivity index (χ0) is 22.3. The number of amides is 1. The maximum absolute atomic E-state index is 13.1. The number of carbonyl (C=O) groups excluding carboxylic acids is 1. The van der Waals surface area contributed by atoms with Gasteiger partial charge in [-0.25, -0.2) is 4.98 Å². The first-order valence-corrected chi connectivity index (χ1v) is 10.4. The Morgan fingerprint density at radius 2 is 2.09 bits per heavy atom. The Hall–Kier alpha value is -3.56. The third-order valence-corrected chi connectivity index (χ3v) is 5.49. The number of hydrogen-bond donors (Lipinski definition) is 3.